The molecular formula is C12H13N3O2S. The number of carbonyl (C=O) groups is 1. The van der Waals surface area contributed by atoms with Gasteiger partial charge in [-0.05, 0) is 19.1 Å². The first kappa shape index (κ1) is 12.5. The van der Waals surface area contributed by atoms with Crippen molar-refractivity contribution >= 4 is 23.1 Å². The van der Waals surface area contributed by atoms with Crippen molar-refractivity contribution in [1.82, 2.24) is 9.97 Å². The average Bonchev–Trinajstić information content (AvgIpc) is 2.76. The Morgan fingerprint density at radius 1 is 1.50 bits per heavy atom. The largest absolute Gasteiger partial charge is 0.478 e. The molecule has 0 amide bonds. The molecule has 94 valence electrons. The van der Waals surface area contributed by atoms with Gasteiger partial charge in [0.2, 0.25) is 0 Å². The highest BCUT2D eigenvalue weighted by Gasteiger charge is 2.03. The van der Waals surface area contributed by atoms with Gasteiger partial charge in [-0.25, -0.2) is 14.8 Å². The van der Waals surface area contributed by atoms with E-state index in [2.05, 4.69) is 15.3 Å². The molecule has 6 heteroatoms. The Labute approximate surface area is 109 Å². The maximum atomic E-state index is 10.6. The summed E-state index contributed by atoms with van der Waals surface area (Å²) in [5, 5.41) is 15.0. The number of rotatable bonds is 5. The van der Waals surface area contributed by atoms with E-state index in [0.29, 0.717) is 5.82 Å². The SMILES string of the molecule is Cc1nc(CCNc2ccc(C(=O)O)cn2)cs1. The zero-order chi connectivity index (χ0) is 13.0. The number of anilines is 1. The molecule has 2 rings (SSSR count). The van der Waals surface area contributed by atoms with E-state index in [4.69, 9.17) is 5.11 Å². The lowest BCUT2D eigenvalue weighted by molar-refractivity contribution is 0.0696. The van der Waals surface area contributed by atoms with E-state index in [1.807, 2.05) is 12.3 Å². The van der Waals surface area contributed by atoms with Crippen molar-refractivity contribution < 1.29 is 9.90 Å². The van der Waals surface area contributed by atoms with Gasteiger partial charge in [0.15, 0.2) is 0 Å². The van der Waals surface area contributed by atoms with E-state index in [1.165, 1.54) is 12.3 Å². The molecule has 2 aromatic rings. The lowest BCUT2D eigenvalue weighted by Crippen LogP contribution is -2.07. The summed E-state index contributed by atoms with van der Waals surface area (Å²) in [6.07, 6.45) is 2.17. The average molecular weight is 263 g/mol. The number of thiazole rings is 1. The molecule has 2 N–H and O–H groups in total. The summed E-state index contributed by atoms with van der Waals surface area (Å²) in [4.78, 5) is 19.0. The zero-order valence-electron chi connectivity index (χ0n) is 9.88. The van der Waals surface area contributed by atoms with Crippen molar-refractivity contribution in [1.29, 1.82) is 0 Å². The quantitative estimate of drug-likeness (QED) is 0.865. The molecule has 0 saturated heterocycles. The molecule has 2 aromatic heterocycles. The number of aromatic nitrogens is 2. The van der Waals surface area contributed by atoms with E-state index in [0.717, 1.165) is 23.7 Å². The number of hydrogen-bond donors (Lipinski definition) is 2. The molecule has 18 heavy (non-hydrogen) atoms. The van der Waals surface area contributed by atoms with Crippen LogP contribution in [0.1, 0.15) is 21.1 Å². The molecule has 0 unspecified atom stereocenters. The van der Waals surface area contributed by atoms with Gasteiger partial charge in [-0.2, -0.15) is 0 Å². The molecule has 0 fully saturated rings. The minimum atomic E-state index is -0.966. The fourth-order valence-corrected chi connectivity index (χ4v) is 2.11. The minimum Gasteiger partial charge on any atom is -0.478 e. The number of pyridine rings is 1. The lowest BCUT2D eigenvalue weighted by Gasteiger charge is -2.04. The van der Waals surface area contributed by atoms with Crippen LogP contribution in [0.2, 0.25) is 0 Å². The van der Waals surface area contributed by atoms with Crippen LogP contribution in [0, 0.1) is 6.92 Å². The Hall–Kier alpha value is -1.95. The van der Waals surface area contributed by atoms with Crippen molar-refractivity contribution in [2.24, 2.45) is 0 Å². The standard InChI is InChI=1S/C12H13N3O2S/c1-8-15-10(7-18-8)4-5-13-11-3-2-9(6-14-11)12(16)17/h2-3,6-7H,4-5H2,1H3,(H,13,14)(H,16,17). The Balaban J connectivity index is 1.85. The highest BCUT2D eigenvalue weighted by Crippen LogP contribution is 2.09. The normalized spacial score (nSPS) is 10.3. The van der Waals surface area contributed by atoms with Gasteiger partial charge in [0, 0.05) is 24.5 Å². The maximum absolute atomic E-state index is 10.6. The van der Waals surface area contributed by atoms with Crippen LogP contribution in [-0.2, 0) is 6.42 Å². The van der Waals surface area contributed by atoms with Crippen LogP contribution < -0.4 is 5.32 Å². The fraction of sp³-hybridized carbons (Fsp3) is 0.250. The van der Waals surface area contributed by atoms with Gasteiger partial charge >= 0.3 is 5.97 Å². The molecule has 0 radical (unpaired) electrons. The third-order valence-electron chi connectivity index (χ3n) is 2.36. The number of hydrogen-bond acceptors (Lipinski definition) is 5. The second-order valence-corrected chi connectivity index (χ2v) is 4.83. The van der Waals surface area contributed by atoms with Crippen LogP contribution >= 0.6 is 11.3 Å². The fourth-order valence-electron chi connectivity index (χ4n) is 1.47. The van der Waals surface area contributed by atoms with Gasteiger partial charge in [0.1, 0.15) is 5.82 Å². The second kappa shape index (κ2) is 5.59. The van der Waals surface area contributed by atoms with Crippen molar-refractivity contribution in [3.05, 3.63) is 40.0 Å². The van der Waals surface area contributed by atoms with Gasteiger partial charge in [-0.3, -0.25) is 0 Å². The smallest absolute Gasteiger partial charge is 0.337 e. The van der Waals surface area contributed by atoms with Gasteiger partial charge in [-0.15, -0.1) is 11.3 Å². The first-order valence-electron chi connectivity index (χ1n) is 5.49. The van der Waals surface area contributed by atoms with E-state index in [1.54, 1.807) is 17.4 Å². The molecule has 0 atom stereocenters. The van der Waals surface area contributed by atoms with Crippen molar-refractivity contribution in [2.45, 2.75) is 13.3 Å². The summed E-state index contributed by atoms with van der Waals surface area (Å²) in [7, 11) is 0. The van der Waals surface area contributed by atoms with Crippen LogP contribution in [0.3, 0.4) is 0 Å². The minimum absolute atomic E-state index is 0.190. The number of aryl methyl sites for hydroxylation is 1. The Bertz CT molecular complexity index is 537. The zero-order valence-corrected chi connectivity index (χ0v) is 10.7. The Morgan fingerprint density at radius 3 is 2.89 bits per heavy atom. The van der Waals surface area contributed by atoms with Crippen LogP contribution in [0.25, 0.3) is 0 Å². The van der Waals surface area contributed by atoms with E-state index >= 15 is 0 Å². The third kappa shape index (κ3) is 3.27. The van der Waals surface area contributed by atoms with E-state index in [-0.39, 0.29) is 5.56 Å². The van der Waals surface area contributed by atoms with Gasteiger partial charge in [-0.1, -0.05) is 0 Å². The molecule has 0 aliphatic heterocycles. The molecule has 0 aliphatic rings. The van der Waals surface area contributed by atoms with Gasteiger partial charge in [0.05, 0.1) is 16.3 Å². The number of nitrogens with one attached hydrogen (secondary N) is 1. The molecular weight excluding hydrogens is 250 g/mol. The second-order valence-electron chi connectivity index (χ2n) is 3.77. The highest BCUT2D eigenvalue weighted by molar-refractivity contribution is 7.09. The van der Waals surface area contributed by atoms with Gasteiger partial charge in [0.25, 0.3) is 0 Å². The number of aromatic carboxylic acids is 1. The monoisotopic (exact) mass is 263 g/mol. The van der Waals surface area contributed by atoms with Crippen LogP contribution in [0.15, 0.2) is 23.7 Å². The Kier molecular flexibility index (Phi) is 3.88. The highest BCUT2D eigenvalue weighted by atomic mass is 32.1. The summed E-state index contributed by atoms with van der Waals surface area (Å²) in [6.45, 7) is 2.70. The summed E-state index contributed by atoms with van der Waals surface area (Å²) in [5.74, 6) is -0.293. The summed E-state index contributed by atoms with van der Waals surface area (Å²) < 4.78 is 0. The van der Waals surface area contributed by atoms with Gasteiger partial charge < -0.3 is 10.4 Å². The lowest BCUT2D eigenvalue weighted by atomic mass is 10.3. The summed E-state index contributed by atoms with van der Waals surface area (Å²) in [6, 6.07) is 3.19. The number of nitrogens with zero attached hydrogens (tertiary/aromatic N) is 2. The van der Waals surface area contributed by atoms with Crippen molar-refractivity contribution in [3.63, 3.8) is 0 Å². The molecule has 0 aliphatic carbocycles. The molecule has 0 aromatic carbocycles. The van der Waals surface area contributed by atoms with Crippen LogP contribution in [0.5, 0.6) is 0 Å². The molecule has 0 bridgehead atoms. The van der Waals surface area contributed by atoms with E-state index < -0.39 is 5.97 Å². The Morgan fingerprint density at radius 2 is 2.33 bits per heavy atom. The topological polar surface area (TPSA) is 75.1 Å². The number of carboxylic acid groups (broad SMARTS) is 1. The molecule has 5 nitrogen and oxygen atoms in total. The van der Waals surface area contributed by atoms with Crippen LogP contribution in [0.4, 0.5) is 5.82 Å². The predicted octanol–water partition coefficient (Wildman–Crippen LogP) is 2.20. The summed E-state index contributed by atoms with van der Waals surface area (Å²) >= 11 is 1.64. The molecule has 0 saturated carbocycles. The molecule has 0 spiro atoms. The summed E-state index contributed by atoms with van der Waals surface area (Å²) in [5.41, 5.74) is 1.25. The first-order valence-corrected chi connectivity index (χ1v) is 6.37. The predicted molar refractivity (Wildman–Crippen MR) is 70.2 cm³/mol. The number of carboxylic acids is 1. The van der Waals surface area contributed by atoms with E-state index in [9.17, 15) is 4.79 Å². The van der Waals surface area contributed by atoms with Crippen molar-refractivity contribution in [3.8, 4) is 0 Å². The maximum Gasteiger partial charge on any atom is 0.337 e. The van der Waals surface area contributed by atoms with Crippen LogP contribution in [-0.4, -0.2) is 27.6 Å². The van der Waals surface area contributed by atoms with Crippen molar-refractivity contribution in [2.75, 3.05) is 11.9 Å². The first-order chi connectivity index (χ1) is 8.65. The third-order valence-corrected chi connectivity index (χ3v) is 3.19. The molecule has 2 heterocycles.